The Hall–Kier alpha value is -0.120. The van der Waals surface area contributed by atoms with Crippen LogP contribution in [0.15, 0.2) is 0 Å². The Labute approximate surface area is 119 Å². The van der Waals surface area contributed by atoms with Crippen LogP contribution in [-0.4, -0.2) is 61.7 Å². The van der Waals surface area contributed by atoms with Crippen LogP contribution < -0.4 is 5.32 Å². The minimum Gasteiger partial charge on any atom is -0.316 e. The molecular formula is C16H33N3. The SMILES string of the molecule is CCCC(C)(CNCC)CN1CCN(C2CC2)CC1. The largest absolute Gasteiger partial charge is 0.316 e. The molecule has 2 fully saturated rings. The van der Waals surface area contributed by atoms with Crippen LogP contribution in [0.2, 0.25) is 0 Å². The summed E-state index contributed by atoms with van der Waals surface area (Å²) in [6, 6.07) is 0.950. The minimum absolute atomic E-state index is 0.451. The second-order valence-electron chi connectivity index (χ2n) is 6.88. The van der Waals surface area contributed by atoms with Crippen molar-refractivity contribution in [1.29, 1.82) is 0 Å². The van der Waals surface area contributed by atoms with Gasteiger partial charge in [-0.2, -0.15) is 0 Å². The number of piperazine rings is 1. The monoisotopic (exact) mass is 267 g/mol. The Morgan fingerprint density at radius 2 is 1.79 bits per heavy atom. The minimum atomic E-state index is 0.451. The van der Waals surface area contributed by atoms with E-state index in [0.29, 0.717) is 5.41 Å². The highest BCUT2D eigenvalue weighted by Crippen LogP contribution is 2.29. The van der Waals surface area contributed by atoms with Crippen molar-refractivity contribution in [3.8, 4) is 0 Å². The third kappa shape index (κ3) is 4.73. The summed E-state index contributed by atoms with van der Waals surface area (Å²) in [5.41, 5.74) is 0.451. The van der Waals surface area contributed by atoms with Crippen LogP contribution in [-0.2, 0) is 0 Å². The molecule has 2 aliphatic rings. The summed E-state index contributed by atoms with van der Waals surface area (Å²) in [5, 5.41) is 3.56. The fourth-order valence-corrected chi connectivity index (χ4v) is 3.52. The maximum absolute atomic E-state index is 3.56. The molecule has 1 unspecified atom stereocenters. The zero-order chi connectivity index (χ0) is 13.7. The van der Waals surface area contributed by atoms with E-state index in [1.54, 1.807) is 0 Å². The molecule has 1 atom stereocenters. The van der Waals surface area contributed by atoms with Crippen LogP contribution in [0.3, 0.4) is 0 Å². The maximum Gasteiger partial charge on any atom is 0.0113 e. The molecule has 1 saturated carbocycles. The Morgan fingerprint density at radius 1 is 1.11 bits per heavy atom. The molecule has 19 heavy (non-hydrogen) atoms. The first kappa shape index (κ1) is 15.3. The van der Waals surface area contributed by atoms with Gasteiger partial charge in [0, 0.05) is 45.3 Å². The van der Waals surface area contributed by atoms with Gasteiger partial charge in [-0.1, -0.05) is 27.2 Å². The lowest BCUT2D eigenvalue weighted by Gasteiger charge is -2.40. The summed E-state index contributed by atoms with van der Waals surface area (Å²) in [4.78, 5) is 5.41. The molecule has 1 saturated heterocycles. The van der Waals surface area contributed by atoms with Crippen LogP contribution in [0.5, 0.6) is 0 Å². The number of hydrogen-bond acceptors (Lipinski definition) is 3. The van der Waals surface area contributed by atoms with Gasteiger partial charge in [0.2, 0.25) is 0 Å². The Morgan fingerprint density at radius 3 is 2.32 bits per heavy atom. The van der Waals surface area contributed by atoms with Gasteiger partial charge in [-0.15, -0.1) is 0 Å². The van der Waals surface area contributed by atoms with Gasteiger partial charge in [0.15, 0.2) is 0 Å². The van der Waals surface area contributed by atoms with E-state index in [1.807, 2.05) is 0 Å². The average molecular weight is 267 g/mol. The van der Waals surface area contributed by atoms with Gasteiger partial charge in [-0.05, 0) is 31.2 Å². The number of hydrogen-bond donors (Lipinski definition) is 1. The Balaban J connectivity index is 1.76. The lowest BCUT2D eigenvalue weighted by Crippen LogP contribution is -2.51. The second kappa shape index (κ2) is 7.05. The van der Waals surface area contributed by atoms with Crippen LogP contribution in [0.1, 0.15) is 46.5 Å². The molecule has 112 valence electrons. The number of rotatable bonds is 8. The average Bonchev–Trinajstić information content (AvgIpc) is 3.22. The molecule has 1 heterocycles. The van der Waals surface area contributed by atoms with Crippen molar-refractivity contribution in [2.24, 2.45) is 5.41 Å². The smallest absolute Gasteiger partial charge is 0.0113 e. The highest BCUT2D eigenvalue weighted by atomic mass is 15.3. The van der Waals surface area contributed by atoms with Crippen LogP contribution in [0.4, 0.5) is 0 Å². The summed E-state index contributed by atoms with van der Waals surface area (Å²) in [7, 11) is 0. The fraction of sp³-hybridized carbons (Fsp3) is 1.00. The predicted octanol–water partition coefficient (Wildman–Crippen LogP) is 2.18. The Kier molecular flexibility index (Phi) is 5.67. The van der Waals surface area contributed by atoms with E-state index in [9.17, 15) is 0 Å². The predicted molar refractivity (Wildman–Crippen MR) is 82.6 cm³/mol. The maximum atomic E-state index is 3.56. The molecular weight excluding hydrogens is 234 g/mol. The van der Waals surface area contributed by atoms with Gasteiger partial charge in [0.05, 0.1) is 0 Å². The summed E-state index contributed by atoms with van der Waals surface area (Å²) in [5.74, 6) is 0. The van der Waals surface area contributed by atoms with Crippen molar-refractivity contribution in [3.63, 3.8) is 0 Å². The van der Waals surface area contributed by atoms with Crippen LogP contribution in [0, 0.1) is 5.41 Å². The number of nitrogens with zero attached hydrogens (tertiary/aromatic N) is 2. The summed E-state index contributed by atoms with van der Waals surface area (Å²) in [6.07, 6.45) is 5.54. The molecule has 3 nitrogen and oxygen atoms in total. The van der Waals surface area contributed by atoms with Crippen molar-refractivity contribution in [1.82, 2.24) is 15.1 Å². The van der Waals surface area contributed by atoms with Gasteiger partial charge in [-0.25, -0.2) is 0 Å². The van der Waals surface area contributed by atoms with E-state index in [0.717, 1.165) is 12.6 Å². The molecule has 0 aromatic rings. The van der Waals surface area contributed by atoms with Crippen molar-refractivity contribution >= 4 is 0 Å². The summed E-state index contributed by atoms with van der Waals surface area (Å²) in [6.45, 7) is 15.7. The normalized spacial score (nSPS) is 25.4. The second-order valence-corrected chi connectivity index (χ2v) is 6.88. The van der Waals surface area contributed by atoms with E-state index >= 15 is 0 Å². The molecule has 2 rings (SSSR count). The zero-order valence-electron chi connectivity index (χ0n) is 13.2. The van der Waals surface area contributed by atoms with Crippen LogP contribution >= 0.6 is 0 Å². The molecule has 3 heteroatoms. The zero-order valence-corrected chi connectivity index (χ0v) is 13.2. The van der Waals surface area contributed by atoms with E-state index in [4.69, 9.17) is 0 Å². The van der Waals surface area contributed by atoms with Gasteiger partial charge in [0.1, 0.15) is 0 Å². The van der Waals surface area contributed by atoms with Crippen molar-refractivity contribution in [2.75, 3.05) is 45.8 Å². The third-order valence-corrected chi connectivity index (χ3v) is 4.73. The lowest BCUT2D eigenvalue weighted by atomic mass is 9.84. The first-order valence-electron chi connectivity index (χ1n) is 8.34. The van der Waals surface area contributed by atoms with Crippen molar-refractivity contribution < 1.29 is 0 Å². The van der Waals surface area contributed by atoms with Crippen molar-refractivity contribution in [3.05, 3.63) is 0 Å². The number of nitrogens with one attached hydrogen (secondary N) is 1. The van der Waals surface area contributed by atoms with E-state index in [1.165, 1.54) is 65.0 Å². The summed E-state index contributed by atoms with van der Waals surface area (Å²) < 4.78 is 0. The van der Waals surface area contributed by atoms with Gasteiger partial charge in [-0.3, -0.25) is 4.90 Å². The summed E-state index contributed by atoms with van der Waals surface area (Å²) >= 11 is 0. The topological polar surface area (TPSA) is 18.5 Å². The van der Waals surface area contributed by atoms with Gasteiger partial charge in [0.25, 0.3) is 0 Å². The van der Waals surface area contributed by atoms with E-state index in [2.05, 4.69) is 35.9 Å². The first-order chi connectivity index (χ1) is 9.17. The molecule has 1 aliphatic carbocycles. The van der Waals surface area contributed by atoms with Gasteiger partial charge >= 0.3 is 0 Å². The van der Waals surface area contributed by atoms with E-state index < -0.39 is 0 Å². The highest BCUT2D eigenvalue weighted by molar-refractivity contribution is 4.89. The first-order valence-corrected chi connectivity index (χ1v) is 8.34. The molecule has 0 amide bonds. The van der Waals surface area contributed by atoms with E-state index in [-0.39, 0.29) is 0 Å². The van der Waals surface area contributed by atoms with Gasteiger partial charge < -0.3 is 10.2 Å². The molecule has 0 bridgehead atoms. The molecule has 0 aromatic heterocycles. The molecule has 0 radical (unpaired) electrons. The standard InChI is InChI=1S/C16H33N3/c1-4-8-16(3,13-17-5-2)14-18-9-11-19(12-10-18)15-6-7-15/h15,17H,4-14H2,1-3H3. The quantitative estimate of drug-likeness (QED) is 0.727. The molecule has 1 N–H and O–H groups in total. The molecule has 0 spiro atoms. The van der Waals surface area contributed by atoms with Crippen molar-refractivity contribution in [2.45, 2.75) is 52.5 Å². The fourth-order valence-electron chi connectivity index (χ4n) is 3.52. The highest BCUT2D eigenvalue weighted by Gasteiger charge is 2.33. The van der Waals surface area contributed by atoms with Crippen LogP contribution in [0.25, 0.3) is 0 Å². The molecule has 1 aliphatic heterocycles. The third-order valence-electron chi connectivity index (χ3n) is 4.73. The molecule has 0 aromatic carbocycles. The lowest BCUT2D eigenvalue weighted by molar-refractivity contribution is 0.0825. The Bertz CT molecular complexity index is 257.